The van der Waals surface area contributed by atoms with Crippen LogP contribution in [0.5, 0.6) is 0 Å². The summed E-state index contributed by atoms with van der Waals surface area (Å²) >= 11 is 0. The maximum Gasteiger partial charge on any atom is 0.260 e. The zero-order chi connectivity index (χ0) is 19.7. The maximum absolute atomic E-state index is 12.9. The standard InChI is InChI=1S/C24H28N2O2/c1-17-7-3-4-10-21(17)24(28)26(18(2)27)15-6-14-25-16-13-20-9-5-8-19-11-12-22(25)23(19)20/h3-5,7-10,22H,6,11-16H2,1-2H3. The van der Waals surface area contributed by atoms with Crippen molar-refractivity contribution in [1.82, 2.24) is 9.80 Å². The zero-order valence-electron chi connectivity index (χ0n) is 16.8. The molecule has 1 aliphatic heterocycles. The van der Waals surface area contributed by atoms with Crippen molar-refractivity contribution < 1.29 is 9.59 Å². The Labute approximate surface area is 167 Å². The van der Waals surface area contributed by atoms with Crippen LogP contribution in [0, 0.1) is 6.92 Å². The Morgan fingerprint density at radius 2 is 1.82 bits per heavy atom. The minimum atomic E-state index is -0.183. The van der Waals surface area contributed by atoms with Crippen LogP contribution in [-0.4, -0.2) is 41.2 Å². The smallest absolute Gasteiger partial charge is 0.260 e. The van der Waals surface area contributed by atoms with Gasteiger partial charge in [-0.15, -0.1) is 0 Å². The van der Waals surface area contributed by atoms with Crippen molar-refractivity contribution in [2.45, 2.75) is 45.6 Å². The van der Waals surface area contributed by atoms with Crippen LogP contribution in [-0.2, 0) is 17.6 Å². The Bertz CT molecular complexity index is 905. The molecule has 2 aromatic carbocycles. The van der Waals surface area contributed by atoms with Gasteiger partial charge in [0, 0.05) is 38.2 Å². The summed E-state index contributed by atoms with van der Waals surface area (Å²) in [6.45, 7) is 5.85. The third-order valence-electron chi connectivity index (χ3n) is 6.24. The summed E-state index contributed by atoms with van der Waals surface area (Å²) < 4.78 is 0. The first-order valence-electron chi connectivity index (χ1n) is 10.3. The summed E-state index contributed by atoms with van der Waals surface area (Å²) in [7, 11) is 0. The van der Waals surface area contributed by atoms with Crippen LogP contribution < -0.4 is 0 Å². The second-order valence-electron chi connectivity index (χ2n) is 7.97. The van der Waals surface area contributed by atoms with E-state index in [0.717, 1.165) is 37.9 Å². The topological polar surface area (TPSA) is 40.6 Å². The second-order valence-corrected chi connectivity index (χ2v) is 7.97. The lowest BCUT2D eigenvalue weighted by Crippen LogP contribution is -2.39. The van der Waals surface area contributed by atoms with Crippen LogP contribution in [0.15, 0.2) is 42.5 Å². The van der Waals surface area contributed by atoms with E-state index in [1.807, 2.05) is 25.1 Å². The molecular formula is C24H28N2O2. The molecule has 146 valence electrons. The fraction of sp³-hybridized carbons (Fsp3) is 0.417. The molecule has 0 spiro atoms. The second kappa shape index (κ2) is 7.88. The first-order chi connectivity index (χ1) is 13.6. The van der Waals surface area contributed by atoms with Crippen molar-refractivity contribution in [3.8, 4) is 0 Å². The highest BCUT2D eigenvalue weighted by molar-refractivity contribution is 6.04. The van der Waals surface area contributed by atoms with Gasteiger partial charge in [-0.05, 0) is 60.9 Å². The van der Waals surface area contributed by atoms with Gasteiger partial charge in [-0.3, -0.25) is 19.4 Å². The lowest BCUT2D eigenvalue weighted by molar-refractivity contribution is -0.126. The molecule has 2 aromatic rings. The molecule has 0 saturated heterocycles. The van der Waals surface area contributed by atoms with E-state index in [2.05, 4.69) is 23.1 Å². The fourth-order valence-electron chi connectivity index (χ4n) is 4.81. The Hall–Kier alpha value is -2.46. The van der Waals surface area contributed by atoms with Gasteiger partial charge in [-0.25, -0.2) is 0 Å². The van der Waals surface area contributed by atoms with Gasteiger partial charge in [0.1, 0.15) is 0 Å². The highest BCUT2D eigenvalue weighted by Gasteiger charge is 2.33. The van der Waals surface area contributed by atoms with E-state index in [1.165, 1.54) is 29.4 Å². The van der Waals surface area contributed by atoms with Crippen LogP contribution >= 0.6 is 0 Å². The first-order valence-corrected chi connectivity index (χ1v) is 10.3. The molecule has 0 aromatic heterocycles. The minimum absolute atomic E-state index is 0.180. The fourth-order valence-corrected chi connectivity index (χ4v) is 4.81. The van der Waals surface area contributed by atoms with Crippen LogP contribution in [0.1, 0.15) is 58.4 Å². The molecule has 1 heterocycles. The number of aryl methyl sites for hydroxylation is 2. The molecule has 2 aliphatic rings. The van der Waals surface area contributed by atoms with Crippen molar-refractivity contribution in [3.05, 3.63) is 70.3 Å². The number of amides is 2. The highest BCUT2D eigenvalue weighted by Crippen LogP contribution is 2.41. The Morgan fingerprint density at radius 1 is 1.07 bits per heavy atom. The maximum atomic E-state index is 12.9. The normalized spacial score (nSPS) is 18.0. The van der Waals surface area contributed by atoms with E-state index in [4.69, 9.17) is 0 Å². The average molecular weight is 377 g/mol. The number of imide groups is 1. The number of hydrogen-bond donors (Lipinski definition) is 0. The van der Waals surface area contributed by atoms with E-state index in [-0.39, 0.29) is 11.8 Å². The first kappa shape index (κ1) is 18.9. The predicted octanol–water partition coefficient (Wildman–Crippen LogP) is 3.92. The molecule has 1 atom stereocenters. The molecule has 4 rings (SSSR count). The Morgan fingerprint density at radius 3 is 2.57 bits per heavy atom. The van der Waals surface area contributed by atoms with Crippen LogP contribution in [0.3, 0.4) is 0 Å². The van der Waals surface area contributed by atoms with Crippen LogP contribution in [0.25, 0.3) is 0 Å². The molecule has 0 bridgehead atoms. The molecule has 2 amide bonds. The molecule has 0 N–H and O–H groups in total. The third kappa shape index (κ3) is 3.49. The summed E-state index contributed by atoms with van der Waals surface area (Å²) in [6.07, 6.45) is 4.25. The molecule has 28 heavy (non-hydrogen) atoms. The summed E-state index contributed by atoms with van der Waals surface area (Å²) in [6, 6.07) is 14.7. The summed E-state index contributed by atoms with van der Waals surface area (Å²) in [5.41, 5.74) is 6.09. The number of rotatable bonds is 5. The minimum Gasteiger partial charge on any atom is -0.296 e. The van der Waals surface area contributed by atoms with E-state index in [0.29, 0.717) is 18.2 Å². The highest BCUT2D eigenvalue weighted by atomic mass is 16.2. The lowest BCUT2D eigenvalue weighted by atomic mass is 9.93. The lowest BCUT2D eigenvalue weighted by Gasteiger charge is -2.35. The molecule has 4 nitrogen and oxygen atoms in total. The number of benzene rings is 2. The van der Waals surface area contributed by atoms with E-state index in [1.54, 1.807) is 11.6 Å². The van der Waals surface area contributed by atoms with Gasteiger partial charge in [-0.1, -0.05) is 36.4 Å². The average Bonchev–Trinajstić information content (AvgIpc) is 3.12. The SMILES string of the molecule is CC(=O)N(CCCN1CCc2cccc3c2C1CC3)C(=O)c1ccccc1C. The van der Waals surface area contributed by atoms with Crippen molar-refractivity contribution >= 4 is 11.8 Å². The van der Waals surface area contributed by atoms with Crippen molar-refractivity contribution in [2.75, 3.05) is 19.6 Å². The van der Waals surface area contributed by atoms with Gasteiger partial charge in [0.25, 0.3) is 5.91 Å². The molecule has 1 unspecified atom stereocenters. The third-order valence-corrected chi connectivity index (χ3v) is 6.24. The van der Waals surface area contributed by atoms with E-state index in [9.17, 15) is 9.59 Å². The van der Waals surface area contributed by atoms with E-state index >= 15 is 0 Å². The molecule has 0 radical (unpaired) electrons. The zero-order valence-corrected chi connectivity index (χ0v) is 16.8. The van der Waals surface area contributed by atoms with Crippen LogP contribution in [0.2, 0.25) is 0 Å². The van der Waals surface area contributed by atoms with Gasteiger partial charge in [-0.2, -0.15) is 0 Å². The van der Waals surface area contributed by atoms with Crippen molar-refractivity contribution in [2.24, 2.45) is 0 Å². The van der Waals surface area contributed by atoms with E-state index < -0.39 is 0 Å². The largest absolute Gasteiger partial charge is 0.296 e. The predicted molar refractivity (Wildman–Crippen MR) is 110 cm³/mol. The quantitative estimate of drug-likeness (QED) is 0.794. The Kier molecular flexibility index (Phi) is 5.31. The Balaban J connectivity index is 1.41. The molecule has 1 aliphatic carbocycles. The number of hydrogen-bond acceptors (Lipinski definition) is 3. The summed E-state index contributed by atoms with van der Waals surface area (Å²) in [4.78, 5) is 29.0. The van der Waals surface area contributed by atoms with Gasteiger partial charge in [0.15, 0.2) is 0 Å². The van der Waals surface area contributed by atoms with Gasteiger partial charge in [0.2, 0.25) is 5.91 Å². The van der Waals surface area contributed by atoms with Crippen molar-refractivity contribution in [3.63, 3.8) is 0 Å². The number of carbonyl (C=O) groups excluding carboxylic acids is 2. The van der Waals surface area contributed by atoms with Gasteiger partial charge >= 0.3 is 0 Å². The summed E-state index contributed by atoms with van der Waals surface area (Å²) in [5.74, 6) is -0.363. The molecule has 0 saturated carbocycles. The molecular weight excluding hydrogens is 348 g/mol. The van der Waals surface area contributed by atoms with Gasteiger partial charge < -0.3 is 0 Å². The van der Waals surface area contributed by atoms with Gasteiger partial charge in [0.05, 0.1) is 0 Å². The molecule has 0 fully saturated rings. The van der Waals surface area contributed by atoms with Crippen LogP contribution in [0.4, 0.5) is 0 Å². The molecule has 4 heteroatoms. The summed E-state index contributed by atoms with van der Waals surface area (Å²) in [5, 5.41) is 0. The number of nitrogens with zero attached hydrogens (tertiary/aromatic N) is 2. The number of carbonyl (C=O) groups is 2. The van der Waals surface area contributed by atoms with Crippen molar-refractivity contribution in [1.29, 1.82) is 0 Å². The monoisotopic (exact) mass is 376 g/mol.